The Balaban J connectivity index is 2.42. The first-order valence-electron chi connectivity index (χ1n) is 7.33. The van der Waals surface area contributed by atoms with Crippen molar-refractivity contribution < 1.29 is 4.39 Å². The average Bonchev–Trinajstić information content (AvgIpc) is 2.38. The van der Waals surface area contributed by atoms with Crippen LogP contribution < -0.4 is 10.2 Å². The molecule has 1 aliphatic heterocycles. The van der Waals surface area contributed by atoms with Crippen molar-refractivity contribution in [3.05, 3.63) is 29.0 Å². The lowest BCUT2D eigenvalue weighted by Crippen LogP contribution is -2.64. The van der Waals surface area contributed by atoms with Crippen molar-refractivity contribution >= 4 is 17.3 Å². The number of nitrogens with one attached hydrogen (secondary N) is 1. The summed E-state index contributed by atoms with van der Waals surface area (Å²) in [6.45, 7) is 10.3. The highest BCUT2D eigenvalue weighted by Crippen LogP contribution is 2.35. The van der Waals surface area contributed by atoms with E-state index in [0.717, 1.165) is 19.5 Å². The number of hydrogen-bond acceptors (Lipinski definition) is 2. The maximum atomic E-state index is 14.3. The molecule has 112 valence electrons. The van der Waals surface area contributed by atoms with E-state index in [1.807, 2.05) is 0 Å². The highest BCUT2D eigenvalue weighted by atomic mass is 35.5. The fourth-order valence-electron chi connectivity index (χ4n) is 2.85. The van der Waals surface area contributed by atoms with Crippen LogP contribution in [0.3, 0.4) is 0 Å². The molecule has 1 saturated heterocycles. The molecule has 1 aromatic rings. The molecule has 0 saturated carbocycles. The van der Waals surface area contributed by atoms with Crippen LogP contribution in [0.15, 0.2) is 18.2 Å². The van der Waals surface area contributed by atoms with Gasteiger partial charge in [-0.3, -0.25) is 0 Å². The molecular weight excluding hydrogens is 275 g/mol. The number of hydrogen-bond donors (Lipinski definition) is 1. The van der Waals surface area contributed by atoms with Gasteiger partial charge >= 0.3 is 0 Å². The Morgan fingerprint density at radius 3 is 2.75 bits per heavy atom. The zero-order chi connectivity index (χ0) is 14.9. The Morgan fingerprint density at radius 2 is 2.20 bits per heavy atom. The van der Waals surface area contributed by atoms with Crippen LogP contribution in [0, 0.1) is 11.7 Å². The molecule has 1 aromatic carbocycles. The molecule has 0 aromatic heterocycles. The number of piperazine rings is 1. The number of anilines is 1. The van der Waals surface area contributed by atoms with Gasteiger partial charge in [-0.25, -0.2) is 4.39 Å². The summed E-state index contributed by atoms with van der Waals surface area (Å²) in [4.78, 5) is 2.16. The molecule has 2 nitrogen and oxygen atoms in total. The molecule has 1 aliphatic rings. The SMILES string of the molecule is CCC1(C)CN(c2c(F)cccc2Cl)C(C(C)C)CN1. The zero-order valence-electron chi connectivity index (χ0n) is 12.7. The summed E-state index contributed by atoms with van der Waals surface area (Å²) < 4.78 is 14.3. The van der Waals surface area contributed by atoms with E-state index in [2.05, 4.69) is 37.9 Å². The molecule has 0 aliphatic carbocycles. The van der Waals surface area contributed by atoms with E-state index in [1.54, 1.807) is 12.1 Å². The fraction of sp³-hybridized carbons (Fsp3) is 0.625. The van der Waals surface area contributed by atoms with Gasteiger partial charge in [0.1, 0.15) is 5.82 Å². The number of halogens is 2. The van der Waals surface area contributed by atoms with Gasteiger partial charge in [0, 0.05) is 24.7 Å². The average molecular weight is 299 g/mol. The topological polar surface area (TPSA) is 15.3 Å². The first kappa shape index (κ1) is 15.6. The lowest BCUT2D eigenvalue weighted by molar-refractivity contribution is 0.251. The maximum absolute atomic E-state index is 14.3. The summed E-state index contributed by atoms with van der Waals surface area (Å²) in [5.41, 5.74) is 0.547. The van der Waals surface area contributed by atoms with E-state index in [9.17, 15) is 4.39 Å². The van der Waals surface area contributed by atoms with Crippen molar-refractivity contribution in [3.8, 4) is 0 Å². The third-order valence-corrected chi connectivity index (χ3v) is 4.74. The minimum Gasteiger partial charge on any atom is -0.362 e. The molecule has 2 atom stereocenters. The van der Waals surface area contributed by atoms with Crippen molar-refractivity contribution in [1.82, 2.24) is 5.32 Å². The van der Waals surface area contributed by atoms with Gasteiger partial charge in [-0.2, -0.15) is 0 Å². The molecule has 1 heterocycles. The van der Waals surface area contributed by atoms with Crippen molar-refractivity contribution in [2.45, 2.75) is 45.7 Å². The third-order valence-electron chi connectivity index (χ3n) is 4.43. The van der Waals surface area contributed by atoms with Crippen LogP contribution in [0.1, 0.15) is 34.1 Å². The van der Waals surface area contributed by atoms with E-state index >= 15 is 0 Å². The Morgan fingerprint density at radius 1 is 1.50 bits per heavy atom. The maximum Gasteiger partial charge on any atom is 0.148 e. The van der Waals surface area contributed by atoms with Crippen LogP contribution in [0.4, 0.5) is 10.1 Å². The van der Waals surface area contributed by atoms with Crippen molar-refractivity contribution in [2.75, 3.05) is 18.0 Å². The summed E-state index contributed by atoms with van der Waals surface area (Å²) in [6, 6.07) is 5.17. The smallest absolute Gasteiger partial charge is 0.148 e. The van der Waals surface area contributed by atoms with Crippen LogP contribution in [-0.4, -0.2) is 24.7 Å². The Kier molecular flexibility index (Phi) is 4.60. The van der Waals surface area contributed by atoms with Gasteiger partial charge < -0.3 is 10.2 Å². The molecule has 0 radical (unpaired) electrons. The molecule has 0 bridgehead atoms. The van der Waals surface area contributed by atoms with Gasteiger partial charge in [-0.05, 0) is 31.4 Å². The molecular formula is C16H24ClFN2. The Labute approximate surface area is 126 Å². The summed E-state index contributed by atoms with van der Waals surface area (Å²) in [7, 11) is 0. The second kappa shape index (κ2) is 5.90. The Hall–Kier alpha value is -0.800. The fourth-order valence-corrected chi connectivity index (χ4v) is 3.12. The molecule has 20 heavy (non-hydrogen) atoms. The van der Waals surface area contributed by atoms with Crippen molar-refractivity contribution in [2.24, 2.45) is 5.92 Å². The molecule has 2 rings (SSSR count). The first-order chi connectivity index (χ1) is 9.38. The minimum absolute atomic E-state index is 0.00298. The second-order valence-electron chi connectivity index (χ2n) is 6.30. The quantitative estimate of drug-likeness (QED) is 0.904. The lowest BCUT2D eigenvalue weighted by Gasteiger charge is -2.49. The third kappa shape index (κ3) is 2.94. The van der Waals surface area contributed by atoms with E-state index in [1.165, 1.54) is 6.07 Å². The zero-order valence-corrected chi connectivity index (χ0v) is 13.5. The van der Waals surface area contributed by atoms with Gasteiger partial charge in [-0.15, -0.1) is 0 Å². The molecule has 2 unspecified atom stereocenters. The minimum atomic E-state index is -0.233. The van der Waals surface area contributed by atoms with E-state index in [-0.39, 0.29) is 17.4 Å². The van der Waals surface area contributed by atoms with Crippen LogP contribution >= 0.6 is 11.6 Å². The standard InChI is InChI=1S/C16H24ClFN2/c1-5-16(4)10-20(14(9-19-16)11(2)3)15-12(17)7-6-8-13(15)18/h6-8,11,14,19H,5,9-10H2,1-4H3. The van der Waals surface area contributed by atoms with Crippen molar-refractivity contribution in [1.29, 1.82) is 0 Å². The van der Waals surface area contributed by atoms with Crippen molar-refractivity contribution in [3.63, 3.8) is 0 Å². The highest BCUT2D eigenvalue weighted by Gasteiger charge is 2.37. The lowest BCUT2D eigenvalue weighted by atomic mass is 9.89. The van der Waals surface area contributed by atoms with Crippen LogP contribution in [0.2, 0.25) is 5.02 Å². The largest absolute Gasteiger partial charge is 0.362 e. The van der Waals surface area contributed by atoms with E-state index < -0.39 is 0 Å². The summed E-state index contributed by atoms with van der Waals surface area (Å²) in [5, 5.41) is 4.10. The van der Waals surface area contributed by atoms with Gasteiger partial charge in [0.25, 0.3) is 0 Å². The Bertz CT molecular complexity index is 457. The highest BCUT2D eigenvalue weighted by molar-refractivity contribution is 6.33. The normalized spacial score (nSPS) is 27.1. The summed E-state index contributed by atoms with van der Waals surface area (Å²) in [5.74, 6) is 0.197. The predicted octanol–water partition coefficient (Wildman–Crippen LogP) is 4.08. The number of para-hydroxylation sites is 1. The van der Waals surface area contributed by atoms with Crippen LogP contribution in [0.25, 0.3) is 0 Å². The molecule has 4 heteroatoms. The first-order valence-corrected chi connectivity index (χ1v) is 7.71. The van der Waals surface area contributed by atoms with E-state index in [4.69, 9.17) is 11.6 Å². The van der Waals surface area contributed by atoms with E-state index in [0.29, 0.717) is 16.6 Å². The summed E-state index contributed by atoms with van der Waals surface area (Å²) in [6.07, 6.45) is 1.00. The predicted molar refractivity (Wildman–Crippen MR) is 84.1 cm³/mol. The molecule has 0 amide bonds. The number of nitrogens with zero attached hydrogens (tertiary/aromatic N) is 1. The number of rotatable bonds is 3. The molecule has 1 fully saturated rings. The number of benzene rings is 1. The van der Waals surface area contributed by atoms with Gasteiger partial charge in [0.2, 0.25) is 0 Å². The van der Waals surface area contributed by atoms with Crippen LogP contribution in [-0.2, 0) is 0 Å². The monoisotopic (exact) mass is 298 g/mol. The second-order valence-corrected chi connectivity index (χ2v) is 6.71. The molecule has 1 N–H and O–H groups in total. The summed E-state index contributed by atoms with van der Waals surface area (Å²) >= 11 is 6.27. The van der Waals surface area contributed by atoms with Gasteiger partial charge in [0.05, 0.1) is 10.7 Å². The van der Waals surface area contributed by atoms with Gasteiger partial charge in [0.15, 0.2) is 0 Å². The van der Waals surface area contributed by atoms with Crippen LogP contribution in [0.5, 0.6) is 0 Å². The molecule has 0 spiro atoms. The van der Waals surface area contributed by atoms with Gasteiger partial charge in [-0.1, -0.05) is 38.4 Å².